The Labute approximate surface area is 220 Å². The number of hydrogen-bond donors (Lipinski definition) is 1. The molecule has 9 heteroatoms. The van der Waals surface area contributed by atoms with Gasteiger partial charge in [0.15, 0.2) is 0 Å². The highest BCUT2D eigenvalue weighted by Crippen LogP contribution is 2.37. The third kappa shape index (κ3) is 4.70. The lowest BCUT2D eigenvalue weighted by Crippen LogP contribution is -2.24. The molecular weight excluding hydrogens is 487 g/mol. The Kier molecular flexibility index (Phi) is 6.83. The number of aryl methyl sites for hydroxylation is 1. The van der Waals surface area contributed by atoms with E-state index in [1.54, 1.807) is 62.8 Å². The number of benzene rings is 2. The summed E-state index contributed by atoms with van der Waals surface area (Å²) < 4.78 is 30.9. The van der Waals surface area contributed by atoms with Crippen LogP contribution in [0.5, 0.6) is 17.2 Å². The second-order valence-corrected chi connectivity index (χ2v) is 8.86. The quantitative estimate of drug-likeness (QED) is 0.332. The van der Waals surface area contributed by atoms with E-state index in [1.165, 1.54) is 6.07 Å². The first-order chi connectivity index (χ1) is 18.4. The molecule has 2 aromatic heterocycles. The predicted molar refractivity (Wildman–Crippen MR) is 142 cm³/mol. The van der Waals surface area contributed by atoms with Crippen LogP contribution in [0.25, 0.3) is 11.3 Å². The predicted octanol–water partition coefficient (Wildman–Crippen LogP) is 5.52. The number of pyridine rings is 2. The minimum atomic E-state index is -0.380. The summed E-state index contributed by atoms with van der Waals surface area (Å²) in [6.07, 6.45) is 1.58. The topological polar surface area (TPSA) is 85.8 Å². The van der Waals surface area contributed by atoms with Crippen LogP contribution in [0.15, 0.2) is 60.8 Å². The van der Waals surface area contributed by atoms with Gasteiger partial charge < -0.3 is 24.4 Å². The minimum Gasteiger partial charge on any atom is -0.497 e. The molecule has 1 aliphatic rings. The van der Waals surface area contributed by atoms with Crippen molar-refractivity contribution in [1.82, 2.24) is 14.9 Å². The van der Waals surface area contributed by atoms with Crippen LogP contribution < -0.4 is 19.5 Å². The van der Waals surface area contributed by atoms with Crippen LogP contribution in [-0.2, 0) is 13.1 Å². The van der Waals surface area contributed by atoms with Gasteiger partial charge in [-0.15, -0.1) is 0 Å². The summed E-state index contributed by atoms with van der Waals surface area (Å²) in [4.78, 5) is 24.5. The van der Waals surface area contributed by atoms with Gasteiger partial charge in [-0.3, -0.25) is 4.79 Å². The van der Waals surface area contributed by atoms with Crippen LogP contribution in [0.2, 0.25) is 0 Å². The number of rotatable bonds is 8. The molecule has 0 saturated carbocycles. The Morgan fingerprint density at radius 2 is 1.76 bits per heavy atom. The van der Waals surface area contributed by atoms with Crippen LogP contribution in [0.4, 0.5) is 15.9 Å². The molecule has 3 heterocycles. The third-order valence-corrected chi connectivity index (χ3v) is 6.50. The van der Waals surface area contributed by atoms with Gasteiger partial charge in [0.05, 0.1) is 63.3 Å². The van der Waals surface area contributed by atoms with Crippen LogP contribution in [0.1, 0.15) is 27.2 Å². The molecule has 5 rings (SSSR count). The standard InChI is InChI=1S/C29H27FN4O4/c1-17-6-5-7-21(30)27(17)22-13-23(33-26-11-10-20(37-3)14-31-26)28-24(32-22)16-34(29(28)35)15-18-8-9-19(36-2)12-25(18)38-4/h5-14H,15-16H2,1-4H3,(H,31,32,33). The minimum absolute atomic E-state index is 0.196. The van der Waals surface area contributed by atoms with Crippen LogP contribution in [0.3, 0.4) is 0 Å². The SMILES string of the molecule is COc1ccc(Nc2cc(-c3c(C)cccc3F)nc3c2C(=O)N(Cc2ccc(OC)cc2OC)C3)nc1. The average molecular weight is 515 g/mol. The number of carbonyl (C=O) groups excluding carboxylic acids is 1. The molecule has 0 atom stereocenters. The van der Waals surface area contributed by atoms with Crippen LogP contribution >= 0.6 is 0 Å². The zero-order valence-electron chi connectivity index (χ0n) is 21.5. The van der Waals surface area contributed by atoms with Crippen LogP contribution in [-0.4, -0.2) is 42.1 Å². The number of aromatic nitrogens is 2. The molecule has 194 valence electrons. The summed E-state index contributed by atoms with van der Waals surface area (Å²) in [5, 5.41) is 3.24. The molecule has 0 bridgehead atoms. The Balaban J connectivity index is 1.56. The van der Waals surface area contributed by atoms with E-state index in [2.05, 4.69) is 10.3 Å². The Morgan fingerprint density at radius 3 is 2.45 bits per heavy atom. The van der Waals surface area contributed by atoms with Crippen molar-refractivity contribution in [3.63, 3.8) is 0 Å². The number of nitrogens with one attached hydrogen (secondary N) is 1. The molecule has 0 spiro atoms. The van der Waals surface area contributed by atoms with E-state index in [0.717, 1.165) is 11.1 Å². The van der Waals surface area contributed by atoms with Gasteiger partial charge in [-0.2, -0.15) is 0 Å². The Hall–Kier alpha value is -4.66. The maximum absolute atomic E-state index is 14.9. The number of anilines is 2. The smallest absolute Gasteiger partial charge is 0.258 e. The fourth-order valence-corrected chi connectivity index (χ4v) is 4.57. The summed E-state index contributed by atoms with van der Waals surface area (Å²) in [6, 6.07) is 15.6. The van der Waals surface area contributed by atoms with Gasteiger partial charge in [0.25, 0.3) is 5.91 Å². The number of fused-ring (bicyclic) bond motifs is 1. The summed E-state index contributed by atoms with van der Waals surface area (Å²) >= 11 is 0. The van der Waals surface area contributed by atoms with Crippen molar-refractivity contribution in [3.8, 4) is 28.5 Å². The first-order valence-corrected chi connectivity index (χ1v) is 12.0. The molecule has 2 aromatic carbocycles. The van der Waals surface area contributed by atoms with E-state index in [9.17, 15) is 9.18 Å². The van der Waals surface area contributed by atoms with E-state index >= 15 is 0 Å². The maximum atomic E-state index is 14.9. The highest BCUT2D eigenvalue weighted by molar-refractivity contribution is 6.04. The molecule has 8 nitrogen and oxygen atoms in total. The lowest BCUT2D eigenvalue weighted by atomic mass is 10.0. The van der Waals surface area contributed by atoms with Crippen molar-refractivity contribution in [2.75, 3.05) is 26.6 Å². The van der Waals surface area contributed by atoms with Crippen molar-refractivity contribution < 1.29 is 23.4 Å². The lowest BCUT2D eigenvalue weighted by Gasteiger charge is -2.18. The summed E-state index contributed by atoms with van der Waals surface area (Å²) in [5.74, 6) is 1.82. The van der Waals surface area contributed by atoms with Gasteiger partial charge in [0.2, 0.25) is 0 Å². The zero-order valence-corrected chi connectivity index (χ0v) is 21.5. The molecule has 0 fully saturated rings. The summed E-state index contributed by atoms with van der Waals surface area (Å²) in [6.45, 7) is 2.39. The Bertz CT molecular complexity index is 1490. The monoisotopic (exact) mass is 514 g/mol. The van der Waals surface area contributed by atoms with E-state index in [-0.39, 0.29) is 18.3 Å². The lowest BCUT2D eigenvalue weighted by molar-refractivity contribution is 0.0766. The van der Waals surface area contributed by atoms with E-state index in [1.807, 2.05) is 25.1 Å². The van der Waals surface area contributed by atoms with Crippen molar-refractivity contribution in [2.24, 2.45) is 0 Å². The number of halogens is 1. The maximum Gasteiger partial charge on any atom is 0.258 e. The first-order valence-electron chi connectivity index (χ1n) is 12.0. The normalized spacial score (nSPS) is 12.3. The molecular formula is C29H27FN4O4. The second-order valence-electron chi connectivity index (χ2n) is 8.86. The zero-order chi connectivity index (χ0) is 26.8. The first kappa shape index (κ1) is 25.0. The number of methoxy groups -OCH3 is 3. The summed E-state index contributed by atoms with van der Waals surface area (Å²) in [7, 11) is 4.73. The van der Waals surface area contributed by atoms with Gasteiger partial charge in [0.1, 0.15) is 28.9 Å². The van der Waals surface area contributed by atoms with Crippen molar-refractivity contribution in [3.05, 3.63) is 89.0 Å². The molecule has 0 saturated heterocycles. The van der Waals surface area contributed by atoms with E-state index < -0.39 is 0 Å². The number of carbonyl (C=O) groups is 1. The summed E-state index contributed by atoms with van der Waals surface area (Å²) in [5.41, 5.74) is 3.88. The number of hydrogen-bond acceptors (Lipinski definition) is 7. The number of ether oxygens (including phenoxy) is 3. The second kappa shape index (κ2) is 10.4. The van der Waals surface area contributed by atoms with Crippen molar-refractivity contribution in [2.45, 2.75) is 20.0 Å². The van der Waals surface area contributed by atoms with Gasteiger partial charge in [0, 0.05) is 17.2 Å². The molecule has 1 aliphatic heterocycles. The molecule has 4 aromatic rings. The van der Waals surface area contributed by atoms with Gasteiger partial charge in [-0.25, -0.2) is 14.4 Å². The van der Waals surface area contributed by atoms with E-state index in [4.69, 9.17) is 19.2 Å². The van der Waals surface area contributed by atoms with E-state index in [0.29, 0.717) is 57.8 Å². The molecule has 0 unspecified atom stereocenters. The number of nitrogens with zero attached hydrogens (tertiary/aromatic N) is 3. The van der Waals surface area contributed by atoms with Gasteiger partial charge >= 0.3 is 0 Å². The fourth-order valence-electron chi connectivity index (χ4n) is 4.57. The largest absolute Gasteiger partial charge is 0.497 e. The molecule has 1 N–H and O–H groups in total. The average Bonchev–Trinajstić information content (AvgIpc) is 3.24. The highest BCUT2D eigenvalue weighted by Gasteiger charge is 2.33. The van der Waals surface area contributed by atoms with Gasteiger partial charge in [-0.05, 0) is 48.9 Å². The fraction of sp³-hybridized carbons (Fsp3) is 0.207. The molecule has 1 amide bonds. The molecule has 38 heavy (non-hydrogen) atoms. The third-order valence-electron chi connectivity index (χ3n) is 6.50. The van der Waals surface area contributed by atoms with Crippen molar-refractivity contribution in [1.29, 1.82) is 0 Å². The van der Waals surface area contributed by atoms with Crippen LogP contribution in [0, 0.1) is 12.7 Å². The molecule has 0 aliphatic carbocycles. The molecule has 0 radical (unpaired) electrons. The Morgan fingerprint density at radius 1 is 0.974 bits per heavy atom. The number of amides is 1. The van der Waals surface area contributed by atoms with Crippen molar-refractivity contribution >= 4 is 17.4 Å². The van der Waals surface area contributed by atoms with Gasteiger partial charge in [-0.1, -0.05) is 12.1 Å². The highest BCUT2D eigenvalue weighted by atomic mass is 19.1.